The van der Waals surface area contributed by atoms with Gasteiger partial charge in [0, 0.05) is 5.69 Å². The van der Waals surface area contributed by atoms with E-state index in [0.29, 0.717) is 18.0 Å². The highest BCUT2D eigenvalue weighted by Gasteiger charge is 2.29. The van der Waals surface area contributed by atoms with Crippen LogP contribution in [0.15, 0.2) is 58.5 Å². The summed E-state index contributed by atoms with van der Waals surface area (Å²) < 4.78 is 5.49. The highest BCUT2D eigenvalue weighted by atomic mass is 16.5. The average Bonchev–Trinajstić information content (AvgIpc) is 3.02. The summed E-state index contributed by atoms with van der Waals surface area (Å²) in [6.07, 6.45) is -0.128. The van der Waals surface area contributed by atoms with E-state index in [-0.39, 0.29) is 24.2 Å². The first-order valence-electron chi connectivity index (χ1n) is 9.53. The Morgan fingerprint density at radius 2 is 2.03 bits per heavy atom. The summed E-state index contributed by atoms with van der Waals surface area (Å²) in [5.74, 6) is -0.0685. The zero-order valence-electron chi connectivity index (χ0n) is 16.8. The molecular formula is C21H24N6O3. The maximum atomic E-state index is 12.4. The number of guanidine groups is 2. The van der Waals surface area contributed by atoms with Crippen molar-refractivity contribution in [2.75, 3.05) is 17.2 Å². The average molecular weight is 408 g/mol. The Kier molecular flexibility index (Phi) is 6.63. The summed E-state index contributed by atoms with van der Waals surface area (Å²) in [7, 11) is 0. The van der Waals surface area contributed by atoms with Gasteiger partial charge in [0.15, 0.2) is 0 Å². The zero-order valence-corrected chi connectivity index (χ0v) is 16.8. The van der Waals surface area contributed by atoms with Gasteiger partial charge in [-0.05, 0) is 43.7 Å². The summed E-state index contributed by atoms with van der Waals surface area (Å²) >= 11 is 0. The molecule has 0 spiro atoms. The van der Waals surface area contributed by atoms with Crippen molar-refractivity contribution in [3.8, 4) is 5.75 Å². The van der Waals surface area contributed by atoms with Crippen LogP contribution in [0.5, 0.6) is 5.75 Å². The minimum atomic E-state index is -0.880. The normalized spacial score (nSPS) is 15.9. The number of nitrogens with zero attached hydrogens (tertiary/aromatic N) is 2. The minimum Gasteiger partial charge on any atom is -0.492 e. The third kappa shape index (κ3) is 5.57. The number of ether oxygens (including phenoxy) is 1. The number of carbonyl (C=O) groups is 2. The molecule has 0 aromatic heterocycles. The third-order valence-corrected chi connectivity index (χ3v) is 4.17. The van der Waals surface area contributed by atoms with E-state index in [2.05, 4.69) is 25.9 Å². The Hall–Kier alpha value is -3.88. The first-order chi connectivity index (χ1) is 14.4. The number of aliphatic imine (C=N–C) groups is 2. The number of aryl methyl sites for hydroxylation is 1. The Bertz CT molecular complexity index is 1000. The number of anilines is 2. The molecule has 1 unspecified atom stereocenters. The van der Waals surface area contributed by atoms with Crippen molar-refractivity contribution in [1.29, 1.82) is 0 Å². The van der Waals surface area contributed by atoms with E-state index in [1.165, 1.54) is 0 Å². The van der Waals surface area contributed by atoms with Crippen LogP contribution in [0, 0.1) is 6.92 Å². The van der Waals surface area contributed by atoms with E-state index in [9.17, 15) is 9.59 Å². The molecule has 2 aromatic rings. The summed E-state index contributed by atoms with van der Waals surface area (Å²) in [6, 6.07) is 13.8. The standard InChI is InChI=1S/C21H24N6O3/c1-3-30-17-10-5-4-9-15(17)24-18(28)12-16-19(29)26-21(25-16)27-20(22)23-14-8-6-7-13(2)11-14/h4-11,16H,3,12H2,1-2H3,(H,24,28)(H4,22,23,25,26,27,29). The van der Waals surface area contributed by atoms with E-state index in [0.717, 1.165) is 11.3 Å². The molecule has 1 atom stereocenters. The molecule has 0 fully saturated rings. The SMILES string of the molecule is CCOc1ccccc1NC(=O)CC1N=C(/N=C(\N)Nc2cccc(C)c2)NC1=O. The molecule has 0 saturated carbocycles. The number of nitrogens with one attached hydrogen (secondary N) is 3. The van der Waals surface area contributed by atoms with E-state index in [1.807, 2.05) is 44.2 Å². The zero-order chi connectivity index (χ0) is 21.5. The molecule has 3 rings (SSSR count). The Balaban J connectivity index is 1.62. The van der Waals surface area contributed by atoms with Crippen LogP contribution in [0.2, 0.25) is 0 Å². The molecule has 9 heteroatoms. The lowest BCUT2D eigenvalue weighted by Gasteiger charge is -2.11. The maximum Gasteiger partial charge on any atom is 0.252 e. The molecule has 0 bridgehead atoms. The van der Waals surface area contributed by atoms with Crippen LogP contribution in [-0.2, 0) is 9.59 Å². The molecule has 30 heavy (non-hydrogen) atoms. The van der Waals surface area contributed by atoms with Crippen LogP contribution >= 0.6 is 0 Å². The lowest BCUT2D eigenvalue weighted by Crippen LogP contribution is -2.32. The number of benzene rings is 2. The van der Waals surface area contributed by atoms with Gasteiger partial charge in [-0.25, -0.2) is 4.99 Å². The highest BCUT2D eigenvalue weighted by Crippen LogP contribution is 2.24. The van der Waals surface area contributed by atoms with E-state index in [4.69, 9.17) is 10.5 Å². The van der Waals surface area contributed by atoms with Gasteiger partial charge in [-0.1, -0.05) is 24.3 Å². The quantitative estimate of drug-likeness (QED) is 0.429. The van der Waals surface area contributed by atoms with Crippen molar-refractivity contribution in [2.24, 2.45) is 15.7 Å². The molecule has 0 aliphatic carbocycles. The van der Waals surface area contributed by atoms with Gasteiger partial charge in [-0.2, -0.15) is 4.99 Å². The van der Waals surface area contributed by atoms with Crippen molar-refractivity contribution >= 4 is 35.1 Å². The number of para-hydroxylation sites is 2. The predicted molar refractivity (Wildman–Crippen MR) is 117 cm³/mol. The molecule has 2 amide bonds. The second-order valence-electron chi connectivity index (χ2n) is 6.63. The van der Waals surface area contributed by atoms with E-state index >= 15 is 0 Å². The van der Waals surface area contributed by atoms with Crippen LogP contribution in [0.25, 0.3) is 0 Å². The summed E-state index contributed by atoms with van der Waals surface area (Å²) in [5.41, 5.74) is 8.26. The van der Waals surface area contributed by atoms with Gasteiger partial charge in [0.05, 0.1) is 18.7 Å². The molecule has 2 aromatic carbocycles. The molecule has 0 saturated heterocycles. The van der Waals surface area contributed by atoms with Gasteiger partial charge in [0.1, 0.15) is 11.8 Å². The maximum absolute atomic E-state index is 12.4. The first-order valence-corrected chi connectivity index (χ1v) is 9.53. The lowest BCUT2D eigenvalue weighted by atomic mass is 10.2. The van der Waals surface area contributed by atoms with Crippen LogP contribution < -0.4 is 26.4 Å². The van der Waals surface area contributed by atoms with Crippen molar-refractivity contribution in [3.05, 3.63) is 54.1 Å². The van der Waals surface area contributed by atoms with Gasteiger partial charge in [-0.15, -0.1) is 0 Å². The molecule has 1 aliphatic heterocycles. The summed E-state index contributed by atoms with van der Waals surface area (Å²) in [4.78, 5) is 32.8. The summed E-state index contributed by atoms with van der Waals surface area (Å²) in [5, 5.41) is 8.22. The van der Waals surface area contributed by atoms with Gasteiger partial charge >= 0.3 is 0 Å². The Labute approximate surface area is 174 Å². The van der Waals surface area contributed by atoms with Crippen molar-refractivity contribution in [3.63, 3.8) is 0 Å². The molecule has 5 N–H and O–H groups in total. The molecule has 0 radical (unpaired) electrons. The monoisotopic (exact) mass is 408 g/mol. The molecule has 1 heterocycles. The highest BCUT2D eigenvalue weighted by molar-refractivity contribution is 6.11. The Morgan fingerprint density at radius 1 is 1.23 bits per heavy atom. The summed E-state index contributed by atoms with van der Waals surface area (Å²) in [6.45, 7) is 4.29. The molecule has 1 aliphatic rings. The smallest absolute Gasteiger partial charge is 0.252 e. The molecular weight excluding hydrogens is 384 g/mol. The number of carbonyl (C=O) groups excluding carboxylic acids is 2. The van der Waals surface area contributed by atoms with Gasteiger partial charge in [-0.3, -0.25) is 14.9 Å². The fourth-order valence-electron chi connectivity index (χ4n) is 2.87. The number of hydrogen-bond acceptors (Lipinski definition) is 5. The number of hydrogen-bond donors (Lipinski definition) is 4. The second kappa shape index (κ2) is 9.55. The number of amides is 2. The van der Waals surface area contributed by atoms with Crippen LogP contribution in [-0.4, -0.2) is 36.4 Å². The van der Waals surface area contributed by atoms with Crippen LogP contribution in [0.1, 0.15) is 18.9 Å². The number of rotatable bonds is 6. The Morgan fingerprint density at radius 3 is 2.80 bits per heavy atom. The largest absolute Gasteiger partial charge is 0.492 e. The fraction of sp³-hybridized carbons (Fsp3) is 0.238. The van der Waals surface area contributed by atoms with Gasteiger partial charge in [0.25, 0.3) is 5.91 Å². The molecule has 9 nitrogen and oxygen atoms in total. The first kappa shape index (κ1) is 20.8. The second-order valence-corrected chi connectivity index (χ2v) is 6.63. The van der Waals surface area contributed by atoms with Crippen LogP contribution in [0.3, 0.4) is 0 Å². The third-order valence-electron chi connectivity index (χ3n) is 4.17. The molecule has 156 valence electrons. The van der Waals surface area contributed by atoms with Crippen molar-refractivity contribution in [1.82, 2.24) is 5.32 Å². The minimum absolute atomic E-state index is 0.0603. The van der Waals surface area contributed by atoms with E-state index < -0.39 is 11.9 Å². The lowest BCUT2D eigenvalue weighted by molar-refractivity contribution is -0.123. The van der Waals surface area contributed by atoms with Crippen molar-refractivity contribution < 1.29 is 14.3 Å². The van der Waals surface area contributed by atoms with Gasteiger partial charge < -0.3 is 21.1 Å². The van der Waals surface area contributed by atoms with Crippen LogP contribution in [0.4, 0.5) is 11.4 Å². The van der Waals surface area contributed by atoms with E-state index in [1.54, 1.807) is 18.2 Å². The predicted octanol–water partition coefficient (Wildman–Crippen LogP) is 2.00. The van der Waals surface area contributed by atoms with Gasteiger partial charge in [0.2, 0.25) is 17.8 Å². The number of nitrogens with two attached hydrogens (primary N) is 1. The topological polar surface area (TPSA) is 130 Å². The van der Waals surface area contributed by atoms with Crippen molar-refractivity contribution in [2.45, 2.75) is 26.3 Å². The fourth-order valence-corrected chi connectivity index (χ4v) is 2.87.